The van der Waals surface area contributed by atoms with Crippen LogP contribution < -0.4 is 5.32 Å². The third kappa shape index (κ3) is 2.14. The molecular weight excluding hydrogens is 361 g/mol. The summed E-state index contributed by atoms with van der Waals surface area (Å²) in [6, 6.07) is 0.527. The molecule has 5 rings (SSSR count). The number of halogens is 1. The van der Waals surface area contributed by atoms with Crippen molar-refractivity contribution in [2.24, 2.45) is 23.2 Å². The molecule has 4 heteroatoms. The molecule has 108 valence electrons. The smallest absolute Gasteiger partial charge is 0.143 e. The van der Waals surface area contributed by atoms with Crippen LogP contribution in [0.3, 0.4) is 0 Å². The van der Waals surface area contributed by atoms with E-state index in [1.807, 2.05) is 6.20 Å². The van der Waals surface area contributed by atoms with Crippen LogP contribution in [-0.4, -0.2) is 16.0 Å². The number of hydrogen-bond donors (Lipinski definition) is 1. The molecule has 4 fully saturated rings. The highest BCUT2D eigenvalue weighted by Gasteiger charge is 2.53. The first-order valence-corrected chi connectivity index (χ1v) is 8.94. The quantitative estimate of drug-likeness (QED) is 0.799. The highest BCUT2D eigenvalue weighted by atomic mass is 127. The molecule has 0 aliphatic heterocycles. The molecule has 4 bridgehead atoms. The zero-order valence-corrected chi connectivity index (χ0v) is 14.1. The summed E-state index contributed by atoms with van der Waals surface area (Å²) < 4.78 is 1.13. The Morgan fingerprint density at radius 2 is 1.80 bits per heavy atom. The highest BCUT2D eigenvalue weighted by molar-refractivity contribution is 14.1. The summed E-state index contributed by atoms with van der Waals surface area (Å²) in [5.41, 5.74) is 0.531. The van der Waals surface area contributed by atoms with Gasteiger partial charge in [0.05, 0.1) is 3.57 Å². The van der Waals surface area contributed by atoms with Crippen LogP contribution in [0.15, 0.2) is 12.5 Å². The topological polar surface area (TPSA) is 37.8 Å². The van der Waals surface area contributed by atoms with E-state index in [2.05, 4.69) is 44.8 Å². The largest absolute Gasteiger partial charge is 0.366 e. The third-order valence-electron chi connectivity index (χ3n) is 6.02. The van der Waals surface area contributed by atoms with Gasteiger partial charge in [0.15, 0.2) is 0 Å². The lowest BCUT2D eigenvalue weighted by Gasteiger charge is -2.59. The van der Waals surface area contributed by atoms with Gasteiger partial charge in [-0.15, -0.1) is 0 Å². The van der Waals surface area contributed by atoms with Crippen molar-refractivity contribution in [3.8, 4) is 0 Å². The van der Waals surface area contributed by atoms with Crippen molar-refractivity contribution in [2.45, 2.75) is 51.5 Å². The molecule has 1 N–H and O–H groups in total. The van der Waals surface area contributed by atoms with E-state index in [4.69, 9.17) is 0 Å². The predicted octanol–water partition coefficient (Wildman–Crippen LogP) is 4.10. The molecule has 0 saturated heterocycles. The first-order chi connectivity index (χ1) is 9.64. The summed E-state index contributed by atoms with van der Waals surface area (Å²) >= 11 is 2.32. The van der Waals surface area contributed by atoms with Crippen molar-refractivity contribution >= 4 is 28.4 Å². The first-order valence-electron chi connectivity index (χ1n) is 7.87. The lowest BCUT2D eigenvalue weighted by molar-refractivity contribution is -0.0603. The molecule has 0 spiro atoms. The van der Waals surface area contributed by atoms with Crippen molar-refractivity contribution in [1.82, 2.24) is 9.97 Å². The first kappa shape index (κ1) is 13.3. The molecule has 1 aromatic heterocycles. The Morgan fingerprint density at radius 1 is 1.20 bits per heavy atom. The lowest BCUT2D eigenvalue weighted by atomic mass is 9.48. The summed E-state index contributed by atoms with van der Waals surface area (Å²) in [5.74, 6) is 4.05. The van der Waals surface area contributed by atoms with E-state index in [0.717, 1.165) is 27.1 Å². The van der Waals surface area contributed by atoms with E-state index in [-0.39, 0.29) is 0 Å². The minimum Gasteiger partial charge on any atom is -0.366 e. The van der Waals surface area contributed by atoms with Gasteiger partial charge < -0.3 is 5.32 Å². The molecule has 4 aliphatic rings. The van der Waals surface area contributed by atoms with Gasteiger partial charge in [-0.1, -0.05) is 0 Å². The van der Waals surface area contributed by atoms with Crippen LogP contribution in [0.5, 0.6) is 0 Å². The highest BCUT2D eigenvalue weighted by Crippen LogP contribution is 2.61. The maximum atomic E-state index is 4.42. The van der Waals surface area contributed by atoms with E-state index in [1.54, 1.807) is 6.33 Å². The molecular formula is C16H22IN3. The Hall–Kier alpha value is -0.390. The molecule has 1 heterocycles. The standard InChI is InChI=1S/C16H22IN3/c1-10(20-15-14(17)8-18-9-19-15)16-5-11-2-12(6-16)4-13(3-11)7-16/h8-13H,2-7H2,1H3,(H,18,19,20). The second kappa shape index (κ2) is 4.82. The second-order valence-corrected chi connectivity index (χ2v) is 8.53. The fraction of sp³-hybridized carbons (Fsp3) is 0.750. The SMILES string of the molecule is CC(Nc1ncncc1I)C12CC3CC(CC(C3)C1)C2. The minimum atomic E-state index is 0.527. The normalized spacial score (nSPS) is 39.8. The number of nitrogens with zero attached hydrogens (tertiary/aromatic N) is 2. The average Bonchev–Trinajstić information content (AvgIpc) is 2.40. The van der Waals surface area contributed by atoms with Gasteiger partial charge in [0.1, 0.15) is 12.1 Å². The Labute approximate surface area is 134 Å². The molecule has 1 atom stereocenters. The van der Waals surface area contributed by atoms with Crippen LogP contribution >= 0.6 is 22.6 Å². The van der Waals surface area contributed by atoms with Crippen molar-refractivity contribution in [1.29, 1.82) is 0 Å². The summed E-state index contributed by atoms with van der Waals surface area (Å²) in [6.07, 6.45) is 12.4. The number of anilines is 1. The summed E-state index contributed by atoms with van der Waals surface area (Å²) in [5, 5.41) is 3.71. The number of aromatic nitrogens is 2. The number of nitrogens with one attached hydrogen (secondary N) is 1. The fourth-order valence-corrected chi connectivity index (χ4v) is 5.94. The monoisotopic (exact) mass is 383 g/mol. The van der Waals surface area contributed by atoms with Gasteiger partial charge in [-0.2, -0.15) is 0 Å². The maximum Gasteiger partial charge on any atom is 0.143 e. The predicted molar refractivity (Wildman–Crippen MR) is 88.4 cm³/mol. The molecule has 0 radical (unpaired) electrons. The Morgan fingerprint density at radius 3 is 2.35 bits per heavy atom. The van der Waals surface area contributed by atoms with Gasteiger partial charge >= 0.3 is 0 Å². The van der Waals surface area contributed by atoms with Crippen molar-refractivity contribution in [3.63, 3.8) is 0 Å². The lowest BCUT2D eigenvalue weighted by Crippen LogP contribution is -2.53. The zero-order valence-electron chi connectivity index (χ0n) is 12.0. The molecule has 1 aromatic rings. The van der Waals surface area contributed by atoms with Crippen molar-refractivity contribution < 1.29 is 0 Å². The summed E-state index contributed by atoms with van der Waals surface area (Å²) in [7, 11) is 0. The van der Waals surface area contributed by atoms with Gasteiger partial charge in [0.2, 0.25) is 0 Å². The van der Waals surface area contributed by atoms with Crippen LogP contribution in [0.25, 0.3) is 0 Å². The Kier molecular flexibility index (Phi) is 3.20. The van der Waals surface area contributed by atoms with Gasteiger partial charge in [0.25, 0.3) is 0 Å². The third-order valence-corrected chi connectivity index (χ3v) is 6.81. The molecule has 4 aliphatic carbocycles. The Bertz CT molecular complexity index is 481. The second-order valence-electron chi connectivity index (χ2n) is 7.37. The van der Waals surface area contributed by atoms with E-state index in [9.17, 15) is 0 Å². The molecule has 0 aromatic carbocycles. The summed E-state index contributed by atoms with van der Waals surface area (Å²) in [4.78, 5) is 8.50. The van der Waals surface area contributed by atoms with Crippen LogP contribution in [-0.2, 0) is 0 Å². The van der Waals surface area contributed by atoms with Gasteiger partial charge in [-0.3, -0.25) is 0 Å². The van der Waals surface area contributed by atoms with Crippen LogP contribution in [0.4, 0.5) is 5.82 Å². The van der Waals surface area contributed by atoms with Crippen LogP contribution in [0, 0.1) is 26.7 Å². The van der Waals surface area contributed by atoms with E-state index >= 15 is 0 Å². The molecule has 0 amide bonds. The molecule has 20 heavy (non-hydrogen) atoms. The van der Waals surface area contributed by atoms with Crippen molar-refractivity contribution in [3.05, 3.63) is 16.1 Å². The molecule has 3 nitrogen and oxygen atoms in total. The van der Waals surface area contributed by atoms with Gasteiger partial charge in [-0.05, 0) is 91.2 Å². The average molecular weight is 383 g/mol. The van der Waals surface area contributed by atoms with Crippen LogP contribution in [0.2, 0.25) is 0 Å². The number of hydrogen-bond acceptors (Lipinski definition) is 3. The van der Waals surface area contributed by atoms with E-state index in [1.165, 1.54) is 38.5 Å². The van der Waals surface area contributed by atoms with Crippen molar-refractivity contribution in [2.75, 3.05) is 5.32 Å². The van der Waals surface area contributed by atoms with E-state index < -0.39 is 0 Å². The number of rotatable bonds is 3. The minimum absolute atomic E-state index is 0.527. The summed E-state index contributed by atoms with van der Waals surface area (Å²) in [6.45, 7) is 2.38. The zero-order chi connectivity index (χ0) is 13.7. The van der Waals surface area contributed by atoms with Gasteiger partial charge in [-0.25, -0.2) is 9.97 Å². The molecule has 1 unspecified atom stereocenters. The van der Waals surface area contributed by atoms with E-state index in [0.29, 0.717) is 11.5 Å². The maximum absolute atomic E-state index is 4.42. The van der Waals surface area contributed by atoms with Gasteiger partial charge in [0, 0.05) is 12.2 Å². The molecule has 4 saturated carbocycles. The fourth-order valence-electron chi connectivity index (χ4n) is 5.48. The Balaban J connectivity index is 1.56. The van der Waals surface area contributed by atoms with Crippen LogP contribution in [0.1, 0.15) is 45.4 Å².